The number of nitrogens with zero attached hydrogens (tertiary/aromatic N) is 2. The fourth-order valence-electron chi connectivity index (χ4n) is 3.15. The molecule has 162 valence electrons. The number of likely N-dealkylation sites (tertiary alicyclic amines) is 1. The number of hydrogen-bond donors (Lipinski definition) is 2. The van der Waals surface area contributed by atoms with Crippen molar-refractivity contribution in [2.45, 2.75) is 30.4 Å². The molecule has 1 aliphatic rings. The third kappa shape index (κ3) is 5.20. The van der Waals surface area contributed by atoms with E-state index in [-0.39, 0.29) is 48.0 Å². The van der Waals surface area contributed by atoms with Crippen LogP contribution in [0.5, 0.6) is 0 Å². The van der Waals surface area contributed by atoms with Crippen molar-refractivity contribution in [1.29, 1.82) is 0 Å². The second kappa shape index (κ2) is 8.90. The first-order valence-electron chi connectivity index (χ1n) is 8.88. The number of piperidine rings is 1. The maximum Gasteiger partial charge on any atom is 0.294 e. The molecule has 1 aromatic carbocycles. The Labute approximate surface area is 176 Å². The van der Waals surface area contributed by atoms with Crippen LogP contribution in [-0.2, 0) is 21.4 Å². The number of benzene rings is 1. The number of rotatable bonds is 7. The minimum absolute atomic E-state index is 0.0589. The molecule has 1 saturated heterocycles. The summed E-state index contributed by atoms with van der Waals surface area (Å²) >= 11 is 6.08. The monoisotopic (exact) mass is 458 g/mol. The first-order chi connectivity index (χ1) is 14.1. The number of anilines is 1. The van der Waals surface area contributed by atoms with Gasteiger partial charge in [-0.3, -0.25) is 4.79 Å². The van der Waals surface area contributed by atoms with Crippen LogP contribution in [-0.4, -0.2) is 43.5 Å². The van der Waals surface area contributed by atoms with E-state index in [9.17, 15) is 23.3 Å². The Morgan fingerprint density at radius 2 is 2.10 bits per heavy atom. The lowest BCUT2D eigenvalue weighted by molar-refractivity contribution is -0.769. The number of amides is 1. The van der Waals surface area contributed by atoms with Gasteiger partial charge in [-0.15, -0.1) is 10.1 Å². The lowest BCUT2D eigenvalue weighted by Crippen LogP contribution is -2.41. The zero-order valence-corrected chi connectivity index (χ0v) is 17.2. The highest BCUT2D eigenvalue weighted by Crippen LogP contribution is 2.30. The molecule has 1 fully saturated rings. The van der Waals surface area contributed by atoms with Crippen LogP contribution in [0.3, 0.4) is 0 Å². The molecule has 1 aromatic heterocycles. The van der Waals surface area contributed by atoms with Crippen molar-refractivity contribution in [3.05, 3.63) is 57.0 Å². The smallest absolute Gasteiger partial charge is 0.294 e. The van der Waals surface area contributed by atoms with Crippen molar-refractivity contribution in [3.8, 4) is 0 Å². The average Bonchev–Trinajstić information content (AvgIpc) is 3.18. The molecule has 1 amide bonds. The third-order valence-electron chi connectivity index (χ3n) is 4.61. The van der Waals surface area contributed by atoms with Gasteiger partial charge in [-0.05, 0) is 37.1 Å². The highest BCUT2D eigenvalue weighted by molar-refractivity contribution is 7.89. The number of nitrogens with one attached hydrogen (secondary N) is 1. The lowest BCUT2D eigenvalue weighted by atomic mass is 10.1. The van der Waals surface area contributed by atoms with Gasteiger partial charge in [-0.2, -0.15) is 0 Å². The molecule has 0 aliphatic carbocycles. The third-order valence-corrected chi connectivity index (χ3v) is 5.98. The van der Waals surface area contributed by atoms with Gasteiger partial charge in [0.05, 0.1) is 23.4 Å². The van der Waals surface area contributed by atoms with Crippen LogP contribution in [0, 0.1) is 10.1 Å². The molecule has 13 heteroatoms. The van der Waals surface area contributed by atoms with Gasteiger partial charge in [0.25, 0.3) is 11.0 Å². The summed E-state index contributed by atoms with van der Waals surface area (Å²) in [5.41, 5.74) is 0.362. The number of sulfonamides is 1. The Morgan fingerprint density at radius 1 is 1.40 bits per heavy atom. The summed E-state index contributed by atoms with van der Waals surface area (Å²) in [5.74, 6) is 0.135. The van der Waals surface area contributed by atoms with Gasteiger partial charge in [0.1, 0.15) is 16.8 Å². The van der Waals surface area contributed by atoms with E-state index in [4.69, 9.17) is 21.2 Å². The predicted molar refractivity (Wildman–Crippen MR) is 106 cm³/mol. The van der Waals surface area contributed by atoms with Crippen molar-refractivity contribution in [2.24, 2.45) is 5.14 Å². The zero-order valence-electron chi connectivity index (χ0n) is 15.6. The molecule has 3 N–H and O–H groups in total. The molecule has 0 atom stereocenters. The van der Waals surface area contributed by atoms with Crippen molar-refractivity contribution < 1.29 is 27.6 Å². The molecule has 0 radical (unpaired) electrons. The van der Waals surface area contributed by atoms with Crippen molar-refractivity contribution in [3.63, 3.8) is 0 Å². The fraction of sp³-hybridized carbons (Fsp3) is 0.353. The van der Waals surface area contributed by atoms with Gasteiger partial charge in [0.15, 0.2) is 0 Å². The Kier molecular flexibility index (Phi) is 6.48. The Balaban J connectivity index is 1.86. The predicted octanol–water partition coefficient (Wildman–Crippen LogP) is 2.01. The highest BCUT2D eigenvalue weighted by atomic mass is 35.5. The number of primary sulfonamides is 1. The fourth-order valence-corrected chi connectivity index (χ4v) is 4.25. The summed E-state index contributed by atoms with van der Waals surface area (Å²) in [6.07, 6.45) is 1.46. The number of furan rings is 1. The van der Waals surface area contributed by atoms with Crippen LogP contribution in [0.2, 0.25) is 5.02 Å². The lowest BCUT2D eigenvalue weighted by Gasteiger charge is -2.31. The molecule has 0 unspecified atom stereocenters. The molecule has 0 spiro atoms. The number of carbonyl (C=O) groups excluding carboxylic acids is 1. The maximum atomic E-state index is 13.1. The normalized spacial score (nSPS) is 15.1. The van der Waals surface area contributed by atoms with Crippen LogP contribution >= 0.6 is 11.6 Å². The Morgan fingerprint density at radius 3 is 2.67 bits per heavy atom. The molecule has 3 rings (SSSR count). The van der Waals surface area contributed by atoms with E-state index >= 15 is 0 Å². The minimum atomic E-state index is -4.16. The maximum absolute atomic E-state index is 13.1. The van der Waals surface area contributed by atoms with Crippen LogP contribution < -0.4 is 10.5 Å². The van der Waals surface area contributed by atoms with E-state index in [1.54, 1.807) is 12.1 Å². The highest BCUT2D eigenvalue weighted by Gasteiger charge is 2.28. The number of nitrogens with two attached hydrogens (primary N) is 1. The number of carbonyl (C=O) groups is 1. The van der Waals surface area contributed by atoms with Crippen LogP contribution in [0.4, 0.5) is 5.69 Å². The van der Waals surface area contributed by atoms with Crippen LogP contribution in [0.1, 0.15) is 29.0 Å². The first-order valence-corrected chi connectivity index (χ1v) is 10.8. The Bertz CT molecular complexity index is 1030. The van der Waals surface area contributed by atoms with Gasteiger partial charge in [-0.25, -0.2) is 13.6 Å². The second-order valence-corrected chi connectivity index (χ2v) is 8.56. The van der Waals surface area contributed by atoms with Crippen molar-refractivity contribution in [1.82, 2.24) is 4.90 Å². The van der Waals surface area contributed by atoms with E-state index in [1.165, 1.54) is 17.2 Å². The summed E-state index contributed by atoms with van der Waals surface area (Å²) in [6.45, 7) is 0.654. The van der Waals surface area contributed by atoms with Crippen LogP contribution in [0.15, 0.2) is 39.8 Å². The summed E-state index contributed by atoms with van der Waals surface area (Å²) < 4.78 is 29.0. The van der Waals surface area contributed by atoms with E-state index in [1.807, 2.05) is 0 Å². The summed E-state index contributed by atoms with van der Waals surface area (Å²) in [6, 6.07) is 5.89. The molecule has 2 aromatic rings. The quantitative estimate of drug-likeness (QED) is 0.470. The average molecular weight is 459 g/mol. The first kappa shape index (κ1) is 21.9. The van der Waals surface area contributed by atoms with E-state index in [2.05, 4.69) is 10.2 Å². The molecule has 1 aliphatic heterocycles. The minimum Gasteiger partial charge on any atom is -0.467 e. The van der Waals surface area contributed by atoms with Crippen molar-refractivity contribution >= 4 is 33.2 Å². The second-order valence-electron chi connectivity index (χ2n) is 6.63. The van der Waals surface area contributed by atoms with Gasteiger partial charge in [0, 0.05) is 18.8 Å². The van der Waals surface area contributed by atoms with E-state index in [0.717, 1.165) is 6.07 Å². The summed E-state index contributed by atoms with van der Waals surface area (Å²) in [5, 5.41) is 17.7. The SMILES string of the molecule is NS(=O)(=O)c1cc(C(=O)N2CCC(O[N+](=O)[O-])CC2)c(NCc2ccco2)cc1Cl. The van der Waals surface area contributed by atoms with Crippen LogP contribution in [0.25, 0.3) is 0 Å². The van der Waals surface area contributed by atoms with Gasteiger partial charge < -0.3 is 19.5 Å². The zero-order chi connectivity index (χ0) is 21.9. The molecular formula is C17H19ClN4O7S. The molecule has 0 saturated carbocycles. The molecule has 0 bridgehead atoms. The topological polar surface area (TPSA) is 158 Å². The summed E-state index contributed by atoms with van der Waals surface area (Å²) in [7, 11) is -4.16. The molecule has 11 nitrogen and oxygen atoms in total. The van der Waals surface area contributed by atoms with Gasteiger partial charge in [-0.1, -0.05) is 11.6 Å². The van der Waals surface area contributed by atoms with Gasteiger partial charge in [0.2, 0.25) is 10.0 Å². The van der Waals surface area contributed by atoms with E-state index < -0.39 is 27.1 Å². The summed E-state index contributed by atoms with van der Waals surface area (Å²) in [4.78, 5) is 29.2. The van der Waals surface area contributed by atoms with Gasteiger partial charge >= 0.3 is 0 Å². The Hall–Kier alpha value is -2.83. The number of hydrogen-bond acceptors (Lipinski definition) is 8. The molecule has 2 heterocycles. The molecular weight excluding hydrogens is 440 g/mol. The molecule has 30 heavy (non-hydrogen) atoms. The largest absolute Gasteiger partial charge is 0.467 e. The standard InChI is InChI=1S/C17H19ClN4O7S/c18-14-9-15(20-10-12-2-1-7-28-12)13(8-16(14)30(19,26)27)17(23)21-5-3-11(4-6-21)29-22(24)25/h1-2,7-9,11,20H,3-6,10H2,(H2,19,26,27). The van der Waals surface area contributed by atoms with E-state index in [0.29, 0.717) is 11.4 Å². The number of halogens is 1. The van der Waals surface area contributed by atoms with Crippen molar-refractivity contribution in [2.75, 3.05) is 18.4 Å².